The predicted octanol–water partition coefficient (Wildman–Crippen LogP) is 1.49. The van der Waals surface area contributed by atoms with E-state index in [9.17, 15) is 13.6 Å². The summed E-state index contributed by atoms with van der Waals surface area (Å²) in [4.78, 5) is 12.7. The molecule has 0 aliphatic carbocycles. The Morgan fingerprint density at radius 2 is 2.23 bits per heavy atom. The fraction of sp³-hybridized carbons (Fsp3) is 0.250. The van der Waals surface area contributed by atoms with Gasteiger partial charge in [0.25, 0.3) is 6.43 Å². The van der Waals surface area contributed by atoms with Gasteiger partial charge in [-0.25, -0.2) is 8.78 Å². The lowest BCUT2D eigenvalue weighted by Crippen LogP contribution is -2.11. The predicted molar refractivity (Wildman–Crippen MR) is 41.5 cm³/mol. The molecule has 1 aromatic heterocycles. The molecule has 0 amide bonds. The van der Waals surface area contributed by atoms with E-state index in [4.69, 9.17) is 5.26 Å². The zero-order valence-corrected chi connectivity index (χ0v) is 6.77. The molecule has 68 valence electrons. The van der Waals surface area contributed by atoms with Crippen LogP contribution in [-0.4, -0.2) is 4.98 Å². The highest BCUT2D eigenvalue weighted by atomic mass is 19.3. The second-order valence-electron chi connectivity index (χ2n) is 2.52. The van der Waals surface area contributed by atoms with Gasteiger partial charge in [-0.2, -0.15) is 5.26 Å². The molecule has 0 aliphatic rings. The number of alkyl halides is 2. The molecule has 5 heteroatoms. The molecule has 0 spiro atoms. The minimum absolute atomic E-state index is 0.158. The average Bonchev–Trinajstić information content (AvgIpc) is 2.02. The first kappa shape index (κ1) is 9.39. The van der Waals surface area contributed by atoms with Crippen molar-refractivity contribution in [3.05, 3.63) is 33.2 Å². The molecular formula is C8H6F2N2O. The maximum absolute atomic E-state index is 12.3. The Bertz CT molecular complexity index is 417. The molecule has 0 aromatic carbocycles. The second kappa shape index (κ2) is 3.35. The van der Waals surface area contributed by atoms with Gasteiger partial charge in [0.1, 0.15) is 11.8 Å². The van der Waals surface area contributed by atoms with Crippen LogP contribution in [0.1, 0.15) is 23.2 Å². The minimum Gasteiger partial charge on any atom is -0.320 e. The summed E-state index contributed by atoms with van der Waals surface area (Å²) in [5, 5.41) is 8.53. The summed E-state index contributed by atoms with van der Waals surface area (Å²) in [6.45, 7) is 1.44. The monoisotopic (exact) mass is 184 g/mol. The first-order valence-electron chi connectivity index (χ1n) is 3.48. The maximum Gasteiger partial charge on any atom is 0.279 e. The fourth-order valence-corrected chi connectivity index (χ4v) is 1.02. The summed E-state index contributed by atoms with van der Waals surface area (Å²) in [6, 6.07) is 2.74. The molecule has 0 saturated carbocycles. The number of aromatic nitrogens is 1. The van der Waals surface area contributed by atoms with Crippen molar-refractivity contribution in [2.75, 3.05) is 0 Å². The summed E-state index contributed by atoms with van der Waals surface area (Å²) >= 11 is 0. The Balaban J connectivity index is 3.50. The standard InChI is InChI=1S/C8H6F2N2O/c1-4-2-6(13)12-7(8(9)10)5(4)3-11/h2,8H,1H3,(H,12,13). The Morgan fingerprint density at radius 1 is 1.62 bits per heavy atom. The van der Waals surface area contributed by atoms with E-state index in [1.165, 1.54) is 6.92 Å². The average molecular weight is 184 g/mol. The van der Waals surface area contributed by atoms with Crippen LogP contribution >= 0.6 is 0 Å². The van der Waals surface area contributed by atoms with E-state index >= 15 is 0 Å². The first-order valence-corrected chi connectivity index (χ1v) is 3.48. The third-order valence-electron chi connectivity index (χ3n) is 1.60. The van der Waals surface area contributed by atoms with Gasteiger partial charge in [-0.3, -0.25) is 4.79 Å². The van der Waals surface area contributed by atoms with Gasteiger partial charge >= 0.3 is 0 Å². The van der Waals surface area contributed by atoms with Gasteiger partial charge in [-0.1, -0.05) is 0 Å². The number of pyridine rings is 1. The van der Waals surface area contributed by atoms with E-state index in [1.807, 2.05) is 4.98 Å². The first-order chi connectivity index (χ1) is 6.06. The van der Waals surface area contributed by atoms with E-state index in [-0.39, 0.29) is 11.1 Å². The molecule has 0 bridgehead atoms. The molecule has 1 aromatic rings. The maximum atomic E-state index is 12.3. The van der Waals surface area contributed by atoms with Crippen molar-refractivity contribution in [1.82, 2.24) is 4.98 Å². The Hall–Kier alpha value is -1.70. The lowest BCUT2D eigenvalue weighted by atomic mass is 10.1. The van der Waals surface area contributed by atoms with E-state index < -0.39 is 17.7 Å². The molecule has 1 heterocycles. The van der Waals surface area contributed by atoms with Gasteiger partial charge in [0, 0.05) is 6.07 Å². The van der Waals surface area contributed by atoms with Crippen LogP contribution in [-0.2, 0) is 0 Å². The molecule has 1 rings (SSSR count). The molecule has 0 fully saturated rings. The zero-order chi connectivity index (χ0) is 10.0. The van der Waals surface area contributed by atoms with E-state index in [1.54, 1.807) is 6.07 Å². The molecule has 1 N–H and O–H groups in total. The summed E-state index contributed by atoms with van der Waals surface area (Å²) < 4.78 is 24.5. The van der Waals surface area contributed by atoms with Crippen molar-refractivity contribution >= 4 is 0 Å². The smallest absolute Gasteiger partial charge is 0.279 e. The number of hydrogen-bond donors (Lipinski definition) is 1. The van der Waals surface area contributed by atoms with Crippen LogP contribution in [0.25, 0.3) is 0 Å². The zero-order valence-electron chi connectivity index (χ0n) is 6.77. The minimum atomic E-state index is -2.83. The van der Waals surface area contributed by atoms with Crippen LogP contribution in [0, 0.1) is 18.3 Å². The van der Waals surface area contributed by atoms with Gasteiger partial charge in [-0.05, 0) is 12.5 Å². The highest BCUT2D eigenvalue weighted by molar-refractivity contribution is 5.40. The van der Waals surface area contributed by atoms with Crippen molar-refractivity contribution in [1.29, 1.82) is 5.26 Å². The summed E-state index contributed by atoms with van der Waals surface area (Å²) in [5.41, 5.74) is -1.12. The van der Waals surface area contributed by atoms with Gasteiger partial charge < -0.3 is 4.98 Å². The number of nitrogens with one attached hydrogen (secondary N) is 1. The molecule has 0 atom stereocenters. The highest BCUT2D eigenvalue weighted by Gasteiger charge is 2.15. The molecule has 13 heavy (non-hydrogen) atoms. The Kier molecular flexibility index (Phi) is 2.42. The number of hydrogen-bond acceptors (Lipinski definition) is 2. The van der Waals surface area contributed by atoms with Crippen LogP contribution in [0.5, 0.6) is 0 Å². The third-order valence-corrected chi connectivity index (χ3v) is 1.60. The lowest BCUT2D eigenvalue weighted by Gasteiger charge is -2.03. The molecule has 0 aliphatic heterocycles. The molecule has 0 unspecified atom stereocenters. The number of nitriles is 1. The van der Waals surface area contributed by atoms with Crippen LogP contribution in [0.4, 0.5) is 8.78 Å². The van der Waals surface area contributed by atoms with Gasteiger partial charge in [0.05, 0.1) is 5.56 Å². The molecule has 0 radical (unpaired) electrons. The number of aromatic amines is 1. The topological polar surface area (TPSA) is 56.6 Å². The molecule has 3 nitrogen and oxygen atoms in total. The van der Waals surface area contributed by atoms with Crippen LogP contribution < -0.4 is 5.56 Å². The van der Waals surface area contributed by atoms with Crippen LogP contribution in [0.15, 0.2) is 10.9 Å². The van der Waals surface area contributed by atoms with Crippen molar-refractivity contribution in [2.24, 2.45) is 0 Å². The Morgan fingerprint density at radius 3 is 2.69 bits per heavy atom. The largest absolute Gasteiger partial charge is 0.320 e. The van der Waals surface area contributed by atoms with E-state index in [0.717, 1.165) is 6.07 Å². The van der Waals surface area contributed by atoms with Crippen molar-refractivity contribution in [2.45, 2.75) is 13.3 Å². The number of rotatable bonds is 1. The van der Waals surface area contributed by atoms with E-state index in [2.05, 4.69) is 0 Å². The fourth-order valence-electron chi connectivity index (χ4n) is 1.02. The Labute approximate surface area is 72.6 Å². The quantitative estimate of drug-likeness (QED) is 0.718. The van der Waals surface area contributed by atoms with Gasteiger partial charge in [-0.15, -0.1) is 0 Å². The van der Waals surface area contributed by atoms with Crippen molar-refractivity contribution in [3.63, 3.8) is 0 Å². The van der Waals surface area contributed by atoms with Crippen LogP contribution in [0.3, 0.4) is 0 Å². The van der Waals surface area contributed by atoms with Crippen molar-refractivity contribution in [3.8, 4) is 6.07 Å². The third kappa shape index (κ3) is 1.72. The SMILES string of the molecule is Cc1cc(=O)[nH]c(C(F)F)c1C#N. The van der Waals surface area contributed by atoms with Crippen LogP contribution in [0.2, 0.25) is 0 Å². The number of aryl methyl sites for hydroxylation is 1. The highest BCUT2D eigenvalue weighted by Crippen LogP contribution is 2.20. The van der Waals surface area contributed by atoms with Crippen molar-refractivity contribution < 1.29 is 8.78 Å². The number of H-pyrrole nitrogens is 1. The second-order valence-corrected chi connectivity index (χ2v) is 2.52. The number of halogens is 2. The normalized spacial score (nSPS) is 10.1. The van der Waals surface area contributed by atoms with Gasteiger partial charge in [0.2, 0.25) is 5.56 Å². The summed E-state index contributed by atoms with van der Waals surface area (Å²) in [5.74, 6) is 0. The lowest BCUT2D eigenvalue weighted by molar-refractivity contribution is 0.145. The summed E-state index contributed by atoms with van der Waals surface area (Å²) in [7, 11) is 0. The number of nitrogens with zero attached hydrogens (tertiary/aromatic N) is 1. The molecule has 0 saturated heterocycles. The summed E-state index contributed by atoms with van der Waals surface area (Å²) in [6.07, 6.45) is -2.83. The molecular weight excluding hydrogens is 178 g/mol. The van der Waals surface area contributed by atoms with E-state index in [0.29, 0.717) is 0 Å². The van der Waals surface area contributed by atoms with Gasteiger partial charge in [0.15, 0.2) is 0 Å².